The van der Waals surface area contributed by atoms with Gasteiger partial charge in [-0.3, -0.25) is 4.79 Å². The molecule has 2 rings (SSSR count). The van der Waals surface area contributed by atoms with Gasteiger partial charge in [-0.05, 0) is 49.5 Å². The summed E-state index contributed by atoms with van der Waals surface area (Å²) >= 11 is 3.21. The van der Waals surface area contributed by atoms with Crippen LogP contribution in [0.15, 0.2) is 34.3 Å². The molecule has 1 nitrogen and oxygen atoms in total. The van der Waals surface area contributed by atoms with Gasteiger partial charge >= 0.3 is 0 Å². The van der Waals surface area contributed by atoms with Crippen LogP contribution in [0.1, 0.15) is 37.7 Å². The van der Waals surface area contributed by atoms with E-state index in [1.54, 1.807) is 18.2 Å². The molecule has 1 aromatic rings. The van der Waals surface area contributed by atoms with Gasteiger partial charge in [-0.1, -0.05) is 34.0 Å². The molecule has 0 bridgehead atoms. The van der Waals surface area contributed by atoms with Gasteiger partial charge < -0.3 is 0 Å². The first-order valence-electron chi connectivity index (χ1n) is 6.31. The van der Waals surface area contributed by atoms with E-state index in [4.69, 9.17) is 0 Å². The Morgan fingerprint density at radius 1 is 1.28 bits per heavy atom. The third-order valence-electron chi connectivity index (χ3n) is 3.24. The van der Waals surface area contributed by atoms with Crippen molar-refractivity contribution >= 4 is 21.7 Å². The molecule has 0 aromatic heterocycles. The SMILES string of the molecule is O=C(C=C1CCCCC1)Cc1ccc(Br)cc1F. The monoisotopic (exact) mass is 310 g/mol. The van der Waals surface area contributed by atoms with Gasteiger partial charge in [-0.15, -0.1) is 0 Å². The Kier molecular flexibility index (Phi) is 4.70. The maximum atomic E-state index is 13.6. The minimum absolute atomic E-state index is 0.00752. The van der Waals surface area contributed by atoms with Gasteiger partial charge in [0.25, 0.3) is 0 Å². The molecule has 0 atom stereocenters. The van der Waals surface area contributed by atoms with E-state index in [0.29, 0.717) is 10.0 Å². The highest BCUT2D eigenvalue weighted by Gasteiger charge is 2.10. The summed E-state index contributed by atoms with van der Waals surface area (Å²) in [5.74, 6) is -0.312. The predicted octanol–water partition coefficient (Wildman–Crippen LogP) is 4.59. The Bertz CT molecular complexity index is 471. The standard InChI is InChI=1S/C15H16BrFO/c16-13-7-6-12(15(17)10-13)9-14(18)8-11-4-2-1-3-5-11/h6-8,10H,1-5,9H2. The predicted molar refractivity (Wildman–Crippen MR) is 74.0 cm³/mol. The molecule has 0 unspecified atom stereocenters. The van der Waals surface area contributed by atoms with E-state index in [1.807, 2.05) is 0 Å². The third kappa shape index (κ3) is 3.77. The molecule has 0 N–H and O–H groups in total. The molecule has 1 saturated carbocycles. The molecule has 1 fully saturated rings. The maximum absolute atomic E-state index is 13.6. The van der Waals surface area contributed by atoms with Crippen LogP contribution in [-0.4, -0.2) is 5.78 Å². The number of benzene rings is 1. The topological polar surface area (TPSA) is 17.1 Å². The summed E-state index contributed by atoms with van der Waals surface area (Å²) in [7, 11) is 0. The van der Waals surface area contributed by atoms with E-state index in [9.17, 15) is 9.18 Å². The second kappa shape index (κ2) is 6.28. The molecule has 1 aliphatic rings. The summed E-state index contributed by atoms with van der Waals surface area (Å²) in [5.41, 5.74) is 1.69. The van der Waals surface area contributed by atoms with E-state index < -0.39 is 0 Å². The summed E-state index contributed by atoms with van der Waals surface area (Å²) in [6.07, 6.45) is 7.52. The summed E-state index contributed by atoms with van der Waals surface area (Å²) < 4.78 is 14.3. The molecule has 18 heavy (non-hydrogen) atoms. The lowest BCUT2D eigenvalue weighted by Gasteiger charge is -2.12. The Balaban J connectivity index is 2.02. The normalized spacial score (nSPS) is 15.6. The molecular weight excluding hydrogens is 295 g/mol. The van der Waals surface area contributed by atoms with Crippen LogP contribution in [-0.2, 0) is 11.2 Å². The van der Waals surface area contributed by atoms with Crippen molar-refractivity contribution in [3.05, 3.63) is 45.7 Å². The molecule has 1 aromatic carbocycles. The van der Waals surface area contributed by atoms with Crippen molar-refractivity contribution in [2.75, 3.05) is 0 Å². The van der Waals surface area contributed by atoms with Crippen LogP contribution in [0.5, 0.6) is 0 Å². The minimum atomic E-state index is -0.320. The van der Waals surface area contributed by atoms with Gasteiger partial charge in [0.2, 0.25) is 0 Å². The van der Waals surface area contributed by atoms with Gasteiger partial charge in [0.1, 0.15) is 5.82 Å². The zero-order valence-electron chi connectivity index (χ0n) is 10.2. The first kappa shape index (κ1) is 13.5. The maximum Gasteiger partial charge on any atom is 0.160 e. The van der Waals surface area contributed by atoms with Crippen molar-refractivity contribution in [2.24, 2.45) is 0 Å². The van der Waals surface area contributed by atoms with Gasteiger partial charge in [0.05, 0.1) is 0 Å². The third-order valence-corrected chi connectivity index (χ3v) is 3.73. The molecule has 0 spiro atoms. The van der Waals surface area contributed by atoms with Crippen molar-refractivity contribution in [3.63, 3.8) is 0 Å². The van der Waals surface area contributed by atoms with Crippen molar-refractivity contribution in [2.45, 2.75) is 38.5 Å². The van der Waals surface area contributed by atoms with Crippen LogP contribution in [0, 0.1) is 5.82 Å². The molecule has 96 valence electrons. The molecule has 1 aliphatic carbocycles. The Labute approximate surface area is 115 Å². The molecule has 3 heteroatoms. The Morgan fingerprint density at radius 2 is 2.00 bits per heavy atom. The van der Waals surface area contributed by atoms with Crippen LogP contribution < -0.4 is 0 Å². The number of ketones is 1. The average Bonchev–Trinajstić information content (AvgIpc) is 2.34. The number of hydrogen-bond donors (Lipinski definition) is 0. The van der Waals surface area contributed by atoms with Crippen LogP contribution in [0.2, 0.25) is 0 Å². The molecule has 0 saturated heterocycles. The van der Waals surface area contributed by atoms with E-state index in [1.165, 1.54) is 30.9 Å². The summed E-state index contributed by atoms with van der Waals surface area (Å²) in [5, 5.41) is 0. The minimum Gasteiger partial charge on any atom is -0.294 e. The van der Waals surface area contributed by atoms with Gasteiger partial charge in [-0.2, -0.15) is 0 Å². The number of halogens is 2. The summed E-state index contributed by atoms with van der Waals surface area (Å²) in [6, 6.07) is 4.83. The number of carbonyl (C=O) groups excluding carboxylic acids is 1. The van der Waals surface area contributed by atoms with E-state index >= 15 is 0 Å². The second-order valence-electron chi connectivity index (χ2n) is 4.74. The van der Waals surface area contributed by atoms with Crippen molar-refractivity contribution < 1.29 is 9.18 Å². The van der Waals surface area contributed by atoms with Crippen LogP contribution in [0.3, 0.4) is 0 Å². The molecule has 0 radical (unpaired) electrons. The van der Waals surface area contributed by atoms with Crippen LogP contribution in [0.25, 0.3) is 0 Å². The fourth-order valence-corrected chi connectivity index (χ4v) is 2.61. The number of rotatable bonds is 3. The van der Waals surface area contributed by atoms with Gasteiger partial charge in [-0.25, -0.2) is 4.39 Å². The lowest BCUT2D eigenvalue weighted by Crippen LogP contribution is -2.04. The van der Waals surface area contributed by atoms with E-state index in [2.05, 4.69) is 15.9 Å². The first-order chi connectivity index (χ1) is 8.65. The van der Waals surface area contributed by atoms with Crippen molar-refractivity contribution in [3.8, 4) is 0 Å². The molecule has 0 aliphatic heterocycles. The largest absolute Gasteiger partial charge is 0.294 e. The fourth-order valence-electron chi connectivity index (χ4n) is 2.28. The lowest BCUT2D eigenvalue weighted by atomic mass is 9.93. The molecule has 0 amide bonds. The fraction of sp³-hybridized carbons (Fsp3) is 0.400. The molecular formula is C15H16BrFO. The number of hydrogen-bond acceptors (Lipinski definition) is 1. The zero-order chi connectivity index (χ0) is 13.0. The van der Waals surface area contributed by atoms with E-state index in [0.717, 1.165) is 12.8 Å². The summed E-state index contributed by atoms with van der Waals surface area (Å²) in [6.45, 7) is 0. The van der Waals surface area contributed by atoms with Crippen molar-refractivity contribution in [1.82, 2.24) is 0 Å². The first-order valence-corrected chi connectivity index (χ1v) is 7.10. The Morgan fingerprint density at radius 3 is 2.67 bits per heavy atom. The summed E-state index contributed by atoms with van der Waals surface area (Å²) in [4.78, 5) is 11.9. The quantitative estimate of drug-likeness (QED) is 0.746. The Hall–Kier alpha value is -0.960. The average molecular weight is 311 g/mol. The van der Waals surface area contributed by atoms with Crippen LogP contribution >= 0.6 is 15.9 Å². The highest BCUT2D eigenvalue weighted by atomic mass is 79.9. The zero-order valence-corrected chi connectivity index (χ0v) is 11.8. The van der Waals surface area contributed by atoms with Crippen molar-refractivity contribution in [1.29, 1.82) is 0 Å². The second-order valence-corrected chi connectivity index (χ2v) is 5.66. The number of carbonyl (C=O) groups is 1. The van der Waals surface area contributed by atoms with E-state index in [-0.39, 0.29) is 18.0 Å². The van der Waals surface area contributed by atoms with Gasteiger partial charge in [0, 0.05) is 10.9 Å². The number of allylic oxidation sites excluding steroid dienone is 2. The lowest BCUT2D eigenvalue weighted by molar-refractivity contribution is -0.114. The highest BCUT2D eigenvalue weighted by molar-refractivity contribution is 9.10. The van der Waals surface area contributed by atoms with Crippen LogP contribution in [0.4, 0.5) is 4.39 Å². The molecule has 0 heterocycles. The smallest absolute Gasteiger partial charge is 0.160 e. The van der Waals surface area contributed by atoms with Gasteiger partial charge in [0.15, 0.2) is 5.78 Å². The highest BCUT2D eigenvalue weighted by Crippen LogP contribution is 2.23.